The summed E-state index contributed by atoms with van der Waals surface area (Å²) in [5.74, 6) is 0. The summed E-state index contributed by atoms with van der Waals surface area (Å²) >= 11 is 2.09. The summed E-state index contributed by atoms with van der Waals surface area (Å²) in [6.45, 7) is 6.12. The minimum Gasteiger partial charge on any atom is -0.313 e. The lowest BCUT2D eigenvalue weighted by atomic mass is 10.1. The molecule has 2 nitrogen and oxygen atoms in total. The van der Waals surface area contributed by atoms with Crippen molar-refractivity contribution in [2.24, 2.45) is 0 Å². The third kappa shape index (κ3) is 3.62. The topological polar surface area (TPSA) is 15.3 Å². The highest BCUT2D eigenvalue weighted by molar-refractivity contribution is 7.99. The molecule has 2 aliphatic rings. The average Bonchev–Trinajstić information content (AvgIpc) is 2.70. The molecule has 3 heteroatoms. The van der Waals surface area contributed by atoms with Crippen molar-refractivity contribution in [3.05, 3.63) is 0 Å². The fourth-order valence-corrected chi connectivity index (χ4v) is 4.49. The van der Waals surface area contributed by atoms with Gasteiger partial charge in [-0.15, -0.1) is 0 Å². The van der Waals surface area contributed by atoms with Gasteiger partial charge >= 0.3 is 0 Å². The molecule has 1 saturated carbocycles. The van der Waals surface area contributed by atoms with E-state index in [1.807, 2.05) is 0 Å². The predicted octanol–water partition coefficient (Wildman–Crippen LogP) is 2.73. The molecule has 17 heavy (non-hydrogen) atoms. The van der Waals surface area contributed by atoms with Crippen molar-refractivity contribution < 1.29 is 0 Å². The Kier molecular flexibility index (Phi) is 5.64. The van der Waals surface area contributed by atoms with Gasteiger partial charge in [0.1, 0.15) is 0 Å². The first-order chi connectivity index (χ1) is 8.35. The standard InChI is InChI=1S/C14H28N2S/c1-3-6-12-11-16(10-5-9-15-12)13-7-4-8-14(13)17-2/h12-15H,3-11H2,1-2H3. The quantitative estimate of drug-likeness (QED) is 0.832. The SMILES string of the molecule is CCCC1CN(C2CCCC2SC)CCCN1. The number of rotatable bonds is 4. The molecule has 0 aromatic rings. The van der Waals surface area contributed by atoms with Gasteiger partial charge in [0.25, 0.3) is 0 Å². The third-order valence-corrected chi connectivity index (χ3v) is 5.49. The molecule has 0 radical (unpaired) electrons. The smallest absolute Gasteiger partial charge is 0.0215 e. The van der Waals surface area contributed by atoms with Gasteiger partial charge < -0.3 is 5.32 Å². The van der Waals surface area contributed by atoms with E-state index in [4.69, 9.17) is 0 Å². The predicted molar refractivity (Wildman–Crippen MR) is 77.8 cm³/mol. The van der Waals surface area contributed by atoms with E-state index in [0.717, 1.165) is 17.3 Å². The van der Waals surface area contributed by atoms with Crippen LogP contribution in [0.1, 0.15) is 45.4 Å². The number of hydrogen-bond donors (Lipinski definition) is 1. The van der Waals surface area contributed by atoms with Gasteiger partial charge in [-0.25, -0.2) is 0 Å². The molecule has 1 heterocycles. The Hall–Kier alpha value is 0.270. The van der Waals surface area contributed by atoms with Crippen LogP contribution in [0.15, 0.2) is 0 Å². The van der Waals surface area contributed by atoms with Gasteiger partial charge in [0, 0.05) is 23.9 Å². The summed E-state index contributed by atoms with van der Waals surface area (Å²) in [5, 5.41) is 4.62. The molecule has 1 aliphatic heterocycles. The molecule has 0 aromatic heterocycles. The number of hydrogen-bond acceptors (Lipinski definition) is 3. The second kappa shape index (κ2) is 7.01. The number of nitrogens with zero attached hydrogens (tertiary/aromatic N) is 1. The number of thioether (sulfide) groups is 1. The van der Waals surface area contributed by atoms with Crippen LogP contribution in [0.3, 0.4) is 0 Å². The fraction of sp³-hybridized carbons (Fsp3) is 1.00. The van der Waals surface area contributed by atoms with E-state index in [9.17, 15) is 0 Å². The van der Waals surface area contributed by atoms with Gasteiger partial charge in [-0.3, -0.25) is 4.90 Å². The molecule has 0 spiro atoms. The zero-order valence-electron chi connectivity index (χ0n) is 11.5. The Labute approximate surface area is 111 Å². The molecule has 0 amide bonds. The second-order valence-electron chi connectivity index (χ2n) is 5.56. The fourth-order valence-electron chi connectivity index (χ4n) is 3.47. The molecular formula is C14H28N2S. The van der Waals surface area contributed by atoms with E-state index in [-0.39, 0.29) is 0 Å². The van der Waals surface area contributed by atoms with Gasteiger partial charge in [0.15, 0.2) is 0 Å². The molecule has 0 bridgehead atoms. The highest BCUT2D eigenvalue weighted by Gasteiger charge is 2.32. The molecule has 100 valence electrons. The van der Waals surface area contributed by atoms with Crippen LogP contribution in [-0.4, -0.2) is 48.1 Å². The molecule has 3 unspecified atom stereocenters. The monoisotopic (exact) mass is 256 g/mol. The van der Waals surface area contributed by atoms with E-state index in [1.165, 1.54) is 58.2 Å². The summed E-state index contributed by atoms with van der Waals surface area (Å²) in [4.78, 5) is 2.80. The molecule has 1 saturated heterocycles. The van der Waals surface area contributed by atoms with Crippen LogP contribution in [0.5, 0.6) is 0 Å². The van der Waals surface area contributed by atoms with Crippen molar-refractivity contribution >= 4 is 11.8 Å². The Morgan fingerprint density at radius 3 is 2.94 bits per heavy atom. The first-order valence-electron chi connectivity index (χ1n) is 7.35. The highest BCUT2D eigenvalue weighted by atomic mass is 32.2. The Bertz CT molecular complexity index is 222. The Balaban J connectivity index is 1.93. The first kappa shape index (κ1) is 13.7. The molecule has 2 rings (SSSR count). The molecule has 3 atom stereocenters. The summed E-state index contributed by atoms with van der Waals surface area (Å²) in [5.41, 5.74) is 0. The van der Waals surface area contributed by atoms with Gasteiger partial charge in [0.05, 0.1) is 0 Å². The van der Waals surface area contributed by atoms with Crippen LogP contribution >= 0.6 is 11.8 Å². The lowest BCUT2D eigenvalue weighted by Gasteiger charge is -2.33. The van der Waals surface area contributed by atoms with E-state index in [1.54, 1.807) is 0 Å². The normalized spacial score (nSPS) is 36.0. The lowest BCUT2D eigenvalue weighted by Crippen LogP contribution is -2.45. The Morgan fingerprint density at radius 2 is 2.18 bits per heavy atom. The lowest BCUT2D eigenvalue weighted by molar-refractivity contribution is 0.196. The summed E-state index contributed by atoms with van der Waals surface area (Å²) in [6, 6.07) is 1.61. The van der Waals surface area contributed by atoms with E-state index >= 15 is 0 Å². The Morgan fingerprint density at radius 1 is 1.29 bits per heavy atom. The van der Waals surface area contributed by atoms with Crippen LogP contribution < -0.4 is 5.32 Å². The molecule has 0 aromatic carbocycles. The zero-order chi connectivity index (χ0) is 12.1. The van der Waals surface area contributed by atoms with Crippen molar-refractivity contribution in [1.82, 2.24) is 10.2 Å². The van der Waals surface area contributed by atoms with E-state index in [0.29, 0.717) is 0 Å². The van der Waals surface area contributed by atoms with E-state index < -0.39 is 0 Å². The molecule has 1 N–H and O–H groups in total. The van der Waals surface area contributed by atoms with Gasteiger partial charge in [-0.05, 0) is 45.0 Å². The minimum atomic E-state index is 0.741. The maximum atomic E-state index is 3.72. The molecule has 2 fully saturated rings. The van der Waals surface area contributed by atoms with Crippen molar-refractivity contribution in [2.75, 3.05) is 25.9 Å². The van der Waals surface area contributed by atoms with Gasteiger partial charge in [-0.1, -0.05) is 19.8 Å². The third-order valence-electron chi connectivity index (χ3n) is 4.34. The highest BCUT2D eigenvalue weighted by Crippen LogP contribution is 2.32. The molecular weight excluding hydrogens is 228 g/mol. The maximum absolute atomic E-state index is 3.72. The van der Waals surface area contributed by atoms with Crippen molar-refractivity contribution in [1.29, 1.82) is 0 Å². The molecule has 1 aliphatic carbocycles. The van der Waals surface area contributed by atoms with Crippen LogP contribution in [0, 0.1) is 0 Å². The van der Waals surface area contributed by atoms with Crippen LogP contribution in [-0.2, 0) is 0 Å². The summed E-state index contributed by atoms with van der Waals surface area (Å²) < 4.78 is 0. The zero-order valence-corrected chi connectivity index (χ0v) is 12.3. The maximum Gasteiger partial charge on any atom is 0.0215 e. The van der Waals surface area contributed by atoms with Crippen LogP contribution in [0.25, 0.3) is 0 Å². The summed E-state index contributed by atoms with van der Waals surface area (Å²) in [6.07, 6.45) is 10.6. The van der Waals surface area contributed by atoms with Crippen LogP contribution in [0.2, 0.25) is 0 Å². The summed E-state index contributed by atoms with van der Waals surface area (Å²) in [7, 11) is 0. The van der Waals surface area contributed by atoms with Crippen LogP contribution in [0.4, 0.5) is 0 Å². The van der Waals surface area contributed by atoms with Crippen molar-refractivity contribution in [2.45, 2.75) is 62.8 Å². The van der Waals surface area contributed by atoms with Gasteiger partial charge in [-0.2, -0.15) is 11.8 Å². The number of nitrogens with one attached hydrogen (secondary N) is 1. The van der Waals surface area contributed by atoms with E-state index in [2.05, 4.69) is 35.2 Å². The van der Waals surface area contributed by atoms with Gasteiger partial charge in [0.2, 0.25) is 0 Å². The van der Waals surface area contributed by atoms with Crippen molar-refractivity contribution in [3.8, 4) is 0 Å². The minimum absolute atomic E-state index is 0.741. The van der Waals surface area contributed by atoms with Crippen molar-refractivity contribution in [3.63, 3.8) is 0 Å². The first-order valence-corrected chi connectivity index (χ1v) is 8.64. The second-order valence-corrected chi connectivity index (χ2v) is 6.64. The average molecular weight is 256 g/mol. The largest absolute Gasteiger partial charge is 0.313 e.